The monoisotopic (exact) mass is 282 g/mol. The van der Waals surface area contributed by atoms with E-state index in [1.54, 1.807) is 18.2 Å². The van der Waals surface area contributed by atoms with Gasteiger partial charge < -0.3 is 5.32 Å². The Morgan fingerprint density at radius 2 is 1.57 bits per heavy atom. The molecule has 21 heavy (non-hydrogen) atoms. The van der Waals surface area contributed by atoms with Crippen LogP contribution in [0.2, 0.25) is 0 Å². The summed E-state index contributed by atoms with van der Waals surface area (Å²) < 4.78 is 0. The second kappa shape index (κ2) is 6.95. The summed E-state index contributed by atoms with van der Waals surface area (Å²) in [5.74, 6) is 0. The van der Waals surface area contributed by atoms with Gasteiger partial charge in [-0.05, 0) is 36.4 Å². The van der Waals surface area contributed by atoms with E-state index in [0.717, 1.165) is 5.69 Å². The molecule has 0 radical (unpaired) electrons. The van der Waals surface area contributed by atoms with Crippen LogP contribution in [-0.4, -0.2) is 11.5 Å². The summed E-state index contributed by atoms with van der Waals surface area (Å²) in [6.45, 7) is 4.33. The van der Waals surface area contributed by atoms with Crippen molar-refractivity contribution in [3.8, 4) is 0 Å². The number of azo groups is 1. The largest absolute Gasteiger partial charge is 0.382 e. The van der Waals surface area contributed by atoms with Crippen molar-refractivity contribution in [1.82, 2.24) is 0 Å². The first-order valence-corrected chi connectivity index (χ1v) is 6.30. The van der Waals surface area contributed by atoms with Crippen LogP contribution in [0.3, 0.4) is 0 Å². The minimum atomic E-state index is -0.449. The van der Waals surface area contributed by atoms with Crippen LogP contribution in [0, 0.1) is 10.1 Å². The van der Waals surface area contributed by atoms with E-state index in [0.29, 0.717) is 17.9 Å². The smallest absolute Gasteiger partial charge is 0.269 e. The Kier molecular flexibility index (Phi) is 4.76. The Bertz CT molecular complexity index is 648. The highest BCUT2D eigenvalue weighted by Gasteiger charge is 2.02. The number of nitro groups is 1. The van der Waals surface area contributed by atoms with Crippen LogP contribution in [-0.2, 0) is 0 Å². The molecule has 2 aromatic carbocycles. The number of rotatable bonds is 6. The fourth-order valence-corrected chi connectivity index (χ4v) is 1.59. The number of nitrogens with zero attached hydrogens (tertiary/aromatic N) is 3. The minimum Gasteiger partial charge on any atom is -0.382 e. The molecule has 0 unspecified atom stereocenters. The summed E-state index contributed by atoms with van der Waals surface area (Å²) in [6.07, 6.45) is 1.78. The molecule has 0 aliphatic heterocycles. The van der Waals surface area contributed by atoms with Crippen LogP contribution in [0.4, 0.5) is 22.7 Å². The molecule has 6 nitrogen and oxygen atoms in total. The van der Waals surface area contributed by atoms with E-state index < -0.39 is 4.92 Å². The molecule has 2 aromatic rings. The highest BCUT2D eigenvalue weighted by atomic mass is 16.6. The lowest BCUT2D eigenvalue weighted by Gasteiger charge is -2.02. The number of benzene rings is 2. The van der Waals surface area contributed by atoms with Crippen molar-refractivity contribution in [2.75, 3.05) is 11.9 Å². The molecule has 0 heterocycles. The minimum absolute atomic E-state index is 0.0339. The quantitative estimate of drug-likeness (QED) is 0.363. The number of hydrogen-bond acceptors (Lipinski definition) is 5. The molecule has 2 rings (SSSR count). The Morgan fingerprint density at radius 3 is 2.05 bits per heavy atom. The van der Waals surface area contributed by atoms with Crippen LogP contribution in [0.1, 0.15) is 0 Å². The summed E-state index contributed by atoms with van der Waals surface area (Å²) in [4.78, 5) is 10.1. The van der Waals surface area contributed by atoms with Crippen LogP contribution >= 0.6 is 0 Å². The molecule has 0 aliphatic carbocycles. The Hall–Kier alpha value is -3.02. The van der Waals surface area contributed by atoms with Gasteiger partial charge in [0.25, 0.3) is 5.69 Å². The third-order valence-electron chi connectivity index (χ3n) is 2.66. The first-order valence-electron chi connectivity index (χ1n) is 6.30. The van der Waals surface area contributed by atoms with E-state index in [1.165, 1.54) is 12.1 Å². The second-order valence-electron chi connectivity index (χ2n) is 4.19. The summed E-state index contributed by atoms with van der Waals surface area (Å²) in [5.41, 5.74) is 2.28. The van der Waals surface area contributed by atoms with Gasteiger partial charge in [0, 0.05) is 24.4 Å². The maximum Gasteiger partial charge on any atom is 0.269 e. The topological polar surface area (TPSA) is 79.9 Å². The number of hydrogen-bond donors (Lipinski definition) is 1. The van der Waals surface area contributed by atoms with Crippen molar-refractivity contribution in [2.24, 2.45) is 10.2 Å². The normalized spacial score (nSPS) is 10.5. The third kappa shape index (κ3) is 4.24. The Morgan fingerprint density at radius 1 is 1.05 bits per heavy atom. The Labute approximate surface area is 122 Å². The van der Waals surface area contributed by atoms with Crippen molar-refractivity contribution in [3.63, 3.8) is 0 Å². The molecule has 0 aromatic heterocycles. The predicted molar refractivity (Wildman–Crippen MR) is 82.4 cm³/mol. The zero-order valence-corrected chi connectivity index (χ0v) is 11.3. The van der Waals surface area contributed by atoms with Crippen molar-refractivity contribution < 1.29 is 4.92 Å². The molecule has 1 N–H and O–H groups in total. The van der Waals surface area contributed by atoms with Gasteiger partial charge >= 0.3 is 0 Å². The van der Waals surface area contributed by atoms with Gasteiger partial charge in [0.05, 0.1) is 16.3 Å². The number of anilines is 1. The third-order valence-corrected chi connectivity index (χ3v) is 2.66. The molecular weight excluding hydrogens is 268 g/mol. The summed E-state index contributed by atoms with van der Waals surface area (Å²) >= 11 is 0. The number of nitro benzene ring substituents is 1. The molecule has 0 saturated carbocycles. The standard InChI is InChI=1S/C15H14N4O2/c1-2-11-16-12-3-5-13(6-4-12)17-18-14-7-9-15(10-8-14)19(20)21/h2-10,16H,1,11H2. The van der Waals surface area contributed by atoms with Gasteiger partial charge in [-0.1, -0.05) is 6.08 Å². The summed E-state index contributed by atoms with van der Waals surface area (Å²) in [6, 6.07) is 13.4. The van der Waals surface area contributed by atoms with Crippen LogP contribution in [0.15, 0.2) is 71.4 Å². The second-order valence-corrected chi connectivity index (χ2v) is 4.19. The van der Waals surface area contributed by atoms with Gasteiger partial charge in [-0.25, -0.2) is 0 Å². The van der Waals surface area contributed by atoms with Gasteiger partial charge in [-0.3, -0.25) is 10.1 Å². The first-order chi connectivity index (χ1) is 10.2. The molecule has 0 spiro atoms. The zero-order valence-electron chi connectivity index (χ0n) is 11.3. The van der Waals surface area contributed by atoms with E-state index >= 15 is 0 Å². The van der Waals surface area contributed by atoms with Crippen LogP contribution in [0.5, 0.6) is 0 Å². The van der Waals surface area contributed by atoms with Gasteiger partial charge in [0.1, 0.15) is 0 Å². The SMILES string of the molecule is C=CCNc1ccc(N=Nc2ccc([N+](=O)[O-])cc2)cc1. The van der Waals surface area contributed by atoms with Crippen molar-refractivity contribution in [2.45, 2.75) is 0 Å². The van der Waals surface area contributed by atoms with Crippen molar-refractivity contribution >= 4 is 22.7 Å². The van der Waals surface area contributed by atoms with E-state index in [9.17, 15) is 10.1 Å². The van der Waals surface area contributed by atoms with Gasteiger partial charge in [-0.2, -0.15) is 10.2 Å². The highest BCUT2D eigenvalue weighted by molar-refractivity contribution is 5.51. The molecule has 0 saturated heterocycles. The molecule has 0 aliphatic rings. The van der Waals surface area contributed by atoms with Gasteiger partial charge in [-0.15, -0.1) is 6.58 Å². The maximum absolute atomic E-state index is 10.5. The zero-order chi connectivity index (χ0) is 15.1. The van der Waals surface area contributed by atoms with Crippen LogP contribution < -0.4 is 5.32 Å². The van der Waals surface area contributed by atoms with E-state index in [1.807, 2.05) is 24.3 Å². The number of non-ortho nitro benzene ring substituents is 1. The first kappa shape index (κ1) is 14.4. The van der Waals surface area contributed by atoms with E-state index in [-0.39, 0.29) is 5.69 Å². The maximum atomic E-state index is 10.5. The lowest BCUT2D eigenvalue weighted by molar-refractivity contribution is -0.384. The molecule has 106 valence electrons. The molecule has 0 atom stereocenters. The van der Waals surface area contributed by atoms with E-state index in [4.69, 9.17) is 0 Å². The van der Waals surface area contributed by atoms with Gasteiger partial charge in [0.2, 0.25) is 0 Å². The molecule has 6 heteroatoms. The lowest BCUT2D eigenvalue weighted by Crippen LogP contribution is -1.96. The Balaban J connectivity index is 2.03. The van der Waals surface area contributed by atoms with Gasteiger partial charge in [0.15, 0.2) is 0 Å². The fraction of sp³-hybridized carbons (Fsp3) is 0.0667. The fourth-order valence-electron chi connectivity index (χ4n) is 1.59. The average molecular weight is 282 g/mol. The number of nitrogens with one attached hydrogen (secondary N) is 1. The summed E-state index contributed by atoms with van der Waals surface area (Å²) in [7, 11) is 0. The van der Waals surface area contributed by atoms with E-state index in [2.05, 4.69) is 22.1 Å². The van der Waals surface area contributed by atoms with Crippen LogP contribution in [0.25, 0.3) is 0 Å². The highest BCUT2D eigenvalue weighted by Crippen LogP contribution is 2.22. The molecule has 0 fully saturated rings. The lowest BCUT2D eigenvalue weighted by atomic mass is 10.3. The average Bonchev–Trinajstić information content (AvgIpc) is 2.52. The van der Waals surface area contributed by atoms with Crippen molar-refractivity contribution in [1.29, 1.82) is 0 Å². The predicted octanol–water partition coefficient (Wildman–Crippen LogP) is 4.61. The summed E-state index contributed by atoms with van der Waals surface area (Å²) in [5, 5.41) is 21.8. The molecule has 0 bridgehead atoms. The van der Waals surface area contributed by atoms with Crippen molar-refractivity contribution in [3.05, 3.63) is 71.3 Å². The molecular formula is C15H14N4O2. The molecule has 0 amide bonds.